The van der Waals surface area contributed by atoms with E-state index in [0.717, 1.165) is 0 Å². The average Bonchev–Trinajstić information content (AvgIpc) is 2.78. The molecule has 1 unspecified atom stereocenters. The van der Waals surface area contributed by atoms with Gasteiger partial charge in [0, 0.05) is 5.54 Å². The normalized spacial score (nSPS) is 31.1. The minimum absolute atomic E-state index is 0.372. The molecule has 1 heterocycles. The second-order valence-electron chi connectivity index (χ2n) is 4.27. The van der Waals surface area contributed by atoms with Crippen molar-refractivity contribution in [2.75, 3.05) is 6.54 Å². The van der Waals surface area contributed by atoms with Gasteiger partial charge in [-0.05, 0) is 43.4 Å². The summed E-state index contributed by atoms with van der Waals surface area (Å²) in [6.45, 7) is 1.20. The molecule has 1 saturated heterocycles. The molecule has 1 spiro atoms. The number of aryl methyl sites for hydroxylation is 1. The van der Waals surface area contributed by atoms with Crippen LogP contribution in [-0.2, 0) is 12.0 Å². The van der Waals surface area contributed by atoms with Crippen molar-refractivity contribution in [3.63, 3.8) is 0 Å². The number of fused-ring (bicyclic) bond motifs is 2. The van der Waals surface area contributed by atoms with Crippen LogP contribution in [0.3, 0.4) is 0 Å². The molecular weight excluding hydrogens is 158 g/mol. The predicted octanol–water partition coefficient (Wildman–Crippen LogP) is 2.21. The number of hydrogen-bond acceptors (Lipinski definition) is 1. The van der Waals surface area contributed by atoms with E-state index in [-0.39, 0.29) is 0 Å². The molecule has 1 heteroatoms. The highest BCUT2D eigenvalue weighted by atomic mass is 15.0. The Labute approximate surface area is 79.2 Å². The Kier molecular flexibility index (Phi) is 1.50. The quantitative estimate of drug-likeness (QED) is 0.634. The van der Waals surface area contributed by atoms with Gasteiger partial charge in [-0.1, -0.05) is 24.3 Å². The van der Waals surface area contributed by atoms with Gasteiger partial charge in [-0.2, -0.15) is 0 Å². The first-order valence-corrected chi connectivity index (χ1v) is 5.24. The van der Waals surface area contributed by atoms with E-state index in [1.54, 1.807) is 11.1 Å². The summed E-state index contributed by atoms with van der Waals surface area (Å²) >= 11 is 0. The maximum atomic E-state index is 3.69. The molecule has 13 heavy (non-hydrogen) atoms. The smallest absolute Gasteiger partial charge is 0.0441 e. The maximum Gasteiger partial charge on any atom is 0.0441 e. The van der Waals surface area contributed by atoms with Crippen LogP contribution in [0.4, 0.5) is 0 Å². The molecule has 1 aliphatic heterocycles. The van der Waals surface area contributed by atoms with Crippen LogP contribution in [0, 0.1) is 0 Å². The Morgan fingerprint density at radius 3 is 2.92 bits per heavy atom. The fourth-order valence-electron chi connectivity index (χ4n) is 2.94. The van der Waals surface area contributed by atoms with Gasteiger partial charge in [0.05, 0.1) is 0 Å². The first kappa shape index (κ1) is 7.57. The van der Waals surface area contributed by atoms with E-state index in [4.69, 9.17) is 0 Å². The lowest BCUT2D eigenvalue weighted by Crippen LogP contribution is -2.33. The highest BCUT2D eigenvalue weighted by Gasteiger charge is 2.40. The second-order valence-corrected chi connectivity index (χ2v) is 4.27. The highest BCUT2D eigenvalue weighted by molar-refractivity contribution is 5.39. The van der Waals surface area contributed by atoms with Crippen LogP contribution in [-0.4, -0.2) is 6.54 Å². The van der Waals surface area contributed by atoms with Crippen molar-refractivity contribution in [3.8, 4) is 0 Å². The number of benzene rings is 1. The summed E-state index contributed by atoms with van der Waals surface area (Å²) in [5, 5.41) is 3.69. The lowest BCUT2D eigenvalue weighted by Gasteiger charge is -2.24. The van der Waals surface area contributed by atoms with Crippen molar-refractivity contribution in [1.82, 2.24) is 5.32 Å². The first-order chi connectivity index (χ1) is 6.41. The summed E-state index contributed by atoms with van der Waals surface area (Å²) in [4.78, 5) is 0. The Morgan fingerprint density at radius 1 is 1.15 bits per heavy atom. The van der Waals surface area contributed by atoms with Gasteiger partial charge in [0.15, 0.2) is 0 Å². The SMILES string of the molecule is c1ccc2c(c1)CCC21CCCN1. The zero-order chi connectivity index (χ0) is 8.73. The van der Waals surface area contributed by atoms with E-state index in [9.17, 15) is 0 Å². The second kappa shape index (κ2) is 2.58. The maximum absolute atomic E-state index is 3.69. The molecule has 68 valence electrons. The average molecular weight is 173 g/mol. The van der Waals surface area contributed by atoms with E-state index < -0.39 is 0 Å². The molecule has 1 fully saturated rings. The monoisotopic (exact) mass is 173 g/mol. The molecule has 3 rings (SSSR count). The lowest BCUT2D eigenvalue weighted by atomic mass is 9.90. The molecule has 1 nitrogen and oxygen atoms in total. The van der Waals surface area contributed by atoms with E-state index in [1.165, 1.54) is 32.2 Å². The topological polar surface area (TPSA) is 12.0 Å². The van der Waals surface area contributed by atoms with Gasteiger partial charge in [-0.3, -0.25) is 0 Å². The first-order valence-electron chi connectivity index (χ1n) is 5.24. The Balaban J connectivity index is 2.11. The van der Waals surface area contributed by atoms with Crippen LogP contribution in [0.5, 0.6) is 0 Å². The number of hydrogen-bond donors (Lipinski definition) is 1. The Morgan fingerprint density at radius 2 is 2.08 bits per heavy atom. The van der Waals surface area contributed by atoms with Crippen LogP contribution >= 0.6 is 0 Å². The summed E-state index contributed by atoms with van der Waals surface area (Å²) in [6.07, 6.45) is 5.26. The zero-order valence-electron chi connectivity index (χ0n) is 7.84. The molecule has 2 aliphatic rings. The van der Waals surface area contributed by atoms with E-state index in [2.05, 4.69) is 29.6 Å². The van der Waals surface area contributed by atoms with Crippen LogP contribution in [0.15, 0.2) is 24.3 Å². The zero-order valence-corrected chi connectivity index (χ0v) is 7.84. The molecule has 1 aromatic carbocycles. The molecule has 1 aliphatic carbocycles. The van der Waals surface area contributed by atoms with Crippen molar-refractivity contribution >= 4 is 0 Å². The third kappa shape index (κ3) is 0.969. The van der Waals surface area contributed by atoms with Crippen molar-refractivity contribution in [2.24, 2.45) is 0 Å². The van der Waals surface area contributed by atoms with Crippen LogP contribution in [0.2, 0.25) is 0 Å². The molecule has 0 bridgehead atoms. The van der Waals surface area contributed by atoms with Crippen LogP contribution < -0.4 is 5.32 Å². The van der Waals surface area contributed by atoms with Crippen LogP contribution in [0.25, 0.3) is 0 Å². The molecule has 1 N–H and O–H groups in total. The van der Waals surface area contributed by atoms with Crippen molar-refractivity contribution < 1.29 is 0 Å². The van der Waals surface area contributed by atoms with Gasteiger partial charge in [0.25, 0.3) is 0 Å². The third-order valence-electron chi connectivity index (χ3n) is 3.60. The molecule has 0 aromatic heterocycles. The molecule has 0 radical (unpaired) electrons. The fourth-order valence-corrected chi connectivity index (χ4v) is 2.94. The Hall–Kier alpha value is -0.820. The third-order valence-corrected chi connectivity index (χ3v) is 3.60. The standard InChI is InChI=1S/C12H15N/c1-2-5-11-10(4-1)6-8-12(11)7-3-9-13-12/h1-2,4-5,13H,3,6-9H2. The minimum atomic E-state index is 0.372. The molecular formula is C12H15N. The van der Waals surface area contributed by atoms with Gasteiger partial charge in [0.1, 0.15) is 0 Å². The largest absolute Gasteiger partial charge is 0.307 e. The molecule has 1 aromatic rings. The Bertz CT molecular complexity index is 324. The molecule has 0 amide bonds. The van der Waals surface area contributed by atoms with Crippen molar-refractivity contribution in [3.05, 3.63) is 35.4 Å². The highest BCUT2D eigenvalue weighted by Crippen LogP contribution is 2.42. The summed E-state index contributed by atoms with van der Waals surface area (Å²) in [5.74, 6) is 0. The van der Waals surface area contributed by atoms with Gasteiger partial charge < -0.3 is 5.32 Å². The van der Waals surface area contributed by atoms with Gasteiger partial charge in [-0.25, -0.2) is 0 Å². The number of nitrogens with one attached hydrogen (secondary N) is 1. The van der Waals surface area contributed by atoms with Gasteiger partial charge >= 0.3 is 0 Å². The van der Waals surface area contributed by atoms with Gasteiger partial charge in [0.2, 0.25) is 0 Å². The predicted molar refractivity (Wildman–Crippen MR) is 53.7 cm³/mol. The fraction of sp³-hybridized carbons (Fsp3) is 0.500. The van der Waals surface area contributed by atoms with E-state index >= 15 is 0 Å². The van der Waals surface area contributed by atoms with E-state index in [1.807, 2.05) is 0 Å². The molecule has 0 saturated carbocycles. The summed E-state index contributed by atoms with van der Waals surface area (Å²) in [5.41, 5.74) is 3.51. The lowest BCUT2D eigenvalue weighted by molar-refractivity contribution is 0.389. The summed E-state index contributed by atoms with van der Waals surface area (Å²) in [6, 6.07) is 8.92. The number of rotatable bonds is 0. The van der Waals surface area contributed by atoms with Gasteiger partial charge in [-0.15, -0.1) is 0 Å². The summed E-state index contributed by atoms with van der Waals surface area (Å²) in [7, 11) is 0. The van der Waals surface area contributed by atoms with Crippen molar-refractivity contribution in [2.45, 2.75) is 31.2 Å². The minimum Gasteiger partial charge on any atom is -0.307 e. The van der Waals surface area contributed by atoms with E-state index in [0.29, 0.717) is 5.54 Å². The van der Waals surface area contributed by atoms with Crippen LogP contribution in [0.1, 0.15) is 30.4 Å². The van der Waals surface area contributed by atoms with Crippen molar-refractivity contribution in [1.29, 1.82) is 0 Å². The molecule has 1 atom stereocenters. The summed E-state index contributed by atoms with van der Waals surface area (Å²) < 4.78 is 0.